The number of rotatable bonds is 10. The number of carbonyl (C=O) groups is 3. The van der Waals surface area contributed by atoms with Crippen molar-refractivity contribution in [2.75, 3.05) is 7.11 Å². The molecule has 0 fully saturated rings. The van der Waals surface area contributed by atoms with Gasteiger partial charge < -0.3 is 13.9 Å². The zero-order valence-electron chi connectivity index (χ0n) is 24.2. The number of hydrogen-bond donors (Lipinski definition) is 0. The molecule has 0 aromatic heterocycles. The Balaban J connectivity index is 2.03. The number of methoxy groups -OCH3 is 1. The van der Waals surface area contributed by atoms with Crippen molar-refractivity contribution in [2.24, 2.45) is 11.3 Å². The van der Waals surface area contributed by atoms with Crippen molar-refractivity contribution in [1.29, 1.82) is 0 Å². The maximum atomic E-state index is 14.6. The highest BCUT2D eigenvalue weighted by atomic mass is 28.4. The van der Waals surface area contributed by atoms with E-state index in [1.807, 2.05) is 6.92 Å². The normalized spacial score (nSPS) is 24.7. The molecule has 0 saturated heterocycles. The molecule has 5 rings (SSSR count). The third-order valence-corrected chi connectivity index (χ3v) is 13.9. The second kappa shape index (κ2) is 10.2. The molecular formula is C31H42O6Si. The van der Waals surface area contributed by atoms with Gasteiger partial charge in [-0.1, -0.05) is 46.8 Å². The molecule has 1 aromatic carbocycles. The van der Waals surface area contributed by atoms with E-state index >= 15 is 0 Å². The number of carbonyl (C=O) groups excluding carboxylic acids is 3. The van der Waals surface area contributed by atoms with E-state index < -0.39 is 25.3 Å². The van der Waals surface area contributed by atoms with Crippen LogP contribution in [0.15, 0.2) is 40.7 Å². The van der Waals surface area contributed by atoms with Crippen molar-refractivity contribution in [2.45, 2.75) is 97.9 Å². The van der Waals surface area contributed by atoms with Crippen LogP contribution in [-0.4, -0.2) is 38.6 Å². The number of allylic oxidation sites excluding steroid dienone is 1. The zero-order valence-corrected chi connectivity index (χ0v) is 25.2. The third-order valence-electron chi connectivity index (χ3n) is 9.37. The summed E-state index contributed by atoms with van der Waals surface area (Å²) >= 11 is 0. The van der Waals surface area contributed by atoms with Crippen molar-refractivity contribution in [1.82, 2.24) is 0 Å². The van der Waals surface area contributed by atoms with Gasteiger partial charge in [0.25, 0.3) is 0 Å². The predicted molar refractivity (Wildman–Crippen MR) is 150 cm³/mol. The first-order valence-corrected chi connectivity index (χ1v) is 16.6. The summed E-state index contributed by atoms with van der Waals surface area (Å²) in [7, 11) is -0.505. The quantitative estimate of drug-likeness (QED) is 0.178. The van der Waals surface area contributed by atoms with Crippen molar-refractivity contribution in [3.05, 3.63) is 51.8 Å². The predicted octanol–water partition coefficient (Wildman–Crippen LogP) is 7.20. The smallest absolute Gasteiger partial charge is 0.308 e. The van der Waals surface area contributed by atoms with Gasteiger partial charge in [-0.2, -0.15) is 0 Å². The summed E-state index contributed by atoms with van der Waals surface area (Å²) in [6, 6.07) is 7.80. The summed E-state index contributed by atoms with van der Waals surface area (Å²) in [4.78, 5) is 40.8. The lowest BCUT2D eigenvalue weighted by Gasteiger charge is -2.57. The lowest BCUT2D eigenvalue weighted by Crippen LogP contribution is -2.57. The number of hydrogen-bond acceptors (Lipinski definition) is 6. The monoisotopic (exact) mass is 538 g/mol. The fourth-order valence-corrected chi connectivity index (χ4v) is 9.63. The zero-order chi connectivity index (χ0) is 28.0. The number of benzene rings is 1. The van der Waals surface area contributed by atoms with Crippen LogP contribution in [0.3, 0.4) is 0 Å². The Hall–Kier alpha value is -2.51. The highest BCUT2D eigenvalue weighted by Gasteiger charge is 2.64. The van der Waals surface area contributed by atoms with E-state index in [-0.39, 0.29) is 28.4 Å². The van der Waals surface area contributed by atoms with Crippen LogP contribution in [-0.2, 0) is 14.0 Å². The molecule has 0 heterocycles. The van der Waals surface area contributed by atoms with Crippen molar-refractivity contribution < 1.29 is 28.3 Å². The van der Waals surface area contributed by atoms with E-state index in [1.54, 1.807) is 25.3 Å². The van der Waals surface area contributed by atoms with Gasteiger partial charge >= 0.3 is 5.97 Å². The molecule has 0 aliphatic heterocycles. The third kappa shape index (κ3) is 4.04. The van der Waals surface area contributed by atoms with E-state index in [0.717, 1.165) is 35.9 Å². The Labute approximate surface area is 227 Å². The Morgan fingerprint density at radius 1 is 1.03 bits per heavy atom. The molecule has 0 unspecified atom stereocenters. The van der Waals surface area contributed by atoms with Crippen LogP contribution in [0.2, 0.25) is 18.1 Å². The van der Waals surface area contributed by atoms with Gasteiger partial charge in [0.1, 0.15) is 11.4 Å². The largest absolute Gasteiger partial charge is 0.546 e. The second-order valence-corrected chi connectivity index (χ2v) is 16.2. The first-order chi connectivity index (χ1) is 18.0. The lowest BCUT2D eigenvalue weighted by molar-refractivity contribution is -0.131. The van der Waals surface area contributed by atoms with E-state index in [0.29, 0.717) is 36.3 Å². The summed E-state index contributed by atoms with van der Waals surface area (Å²) in [6.07, 6.45) is 2.89. The Morgan fingerprint density at radius 3 is 2.24 bits per heavy atom. The number of ether oxygens (including phenoxy) is 2. The molecule has 2 atom stereocenters. The highest BCUT2D eigenvalue weighted by Crippen LogP contribution is 2.64. The Bertz CT molecular complexity index is 1230. The summed E-state index contributed by atoms with van der Waals surface area (Å²) in [5, 5.41) is 0. The minimum absolute atomic E-state index is 0.134. The molecule has 0 saturated carbocycles. The van der Waals surface area contributed by atoms with E-state index in [9.17, 15) is 14.4 Å². The molecule has 7 heteroatoms. The summed E-state index contributed by atoms with van der Waals surface area (Å²) in [6.45, 7) is 14.3. The van der Waals surface area contributed by atoms with Gasteiger partial charge in [0.15, 0.2) is 11.6 Å². The van der Waals surface area contributed by atoms with Crippen LogP contribution in [0.4, 0.5) is 0 Å². The van der Waals surface area contributed by atoms with Crippen LogP contribution < -0.4 is 4.74 Å². The molecule has 0 spiro atoms. The Kier molecular flexibility index (Phi) is 7.67. The first-order valence-electron chi connectivity index (χ1n) is 14.1. The average Bonchev–Trinajstić information content (AvgIpc) is 2.90. The molecular weight excluding hydrogens is 496 g/mol. The maximum Gasteiger partial charge on any atom is 0.308 e. The van der Waals surface area contributed by atoms with Gasteiger partial charge in [0.05, 0.1) is 16.7 Å². The summed E-state index contributed by atoms with van der Waals surface area (Å²) in [5.74, 6) is 0.404. The van der Waals surface area contributed by atoms with Gasteiger partial charge in [-0.05, 0) is 62.7 Å². The Morgan fingerprint density at radius 2 is 1.68 bits per heavy atom. The molecule has 1 aromatic rings. The van der Waals surface area contributed by atoms with Gasteiger partial charge in [-0.15, -0.1) is 0 Å². The number of Topliss-reactive ketones (excluding diaryl/α,β-unsaturated/α-hetero) is 2. The molecule has 0 N–H and O–H groups in total. The minimum atomic E-state index is -2.13. The maximum absolute atomic E-state index is 14.6. The van der Waals surface area contributed by atoms with Crippen molar-refractivity contribution >= 4 is 25.9 Å². The average molecular weight is 539 g/mol. The standard InChI is InChI=1S/C31H42O6Si/c1-9-38(10-2,11-3)37-29-20(6)31(35-8)18-17-30(29,16-15-19(4)5)25-26(31)27(33)22-13-12-14-23(36-21(7)32)24(22)28(25)34/h12-14,19H,9-11,15-18H2,1-8H3/t30-,31+/m0/s1. The molecule has 0 radical (unpaired) electrons. The van der Waals surface area contributed by atoms with Gasteiger partial charge in [0.2, 0.25) is 8.32 Å². The molecule has 206 valence electrons. The fraction of sp³-hybridized carbons (Fsp3) is 0.581. The molecule has 2 bridgehead atoms. The van der Waals surface area contributed by atoms with E-state index in [2.05, 4.69) is 34.6 Å². The van der Waals surface area contributed by atoms with Crippen molar-refractivity contribution in [3.8, 4) is 5.75 Å². The van der Waals surface area contributed by atoms with Gasteiger partial charge in [0, 0.05) is 36.3 Å². The SMILES string of the molecule is CC[Si](CC)(CC)OC1=C(C)[C@]2(OC)CC[C@@]1(CCC(C)C)C1=C2C(=O)c2cccc(OC(C)=O)c2C1=O. The number of fused-ring (bicyclic) bond motifs is 2. The number of esters is 1. The summed E-state index contributed by atoms with van der Waals surface area (Å²) in [5.41, 5.74) is 0.601. The summed E-state index contributed by atoms with van der Waals surface area (Å²) < 4.78 is 18.9. The van der Waals surface area contributed by atoms with E-state index in [1.165, 1.54) is 6.92 Å². The molecule has 6 nitrogen and oxygen atoms in total. The topological polar surface area (TPSA) is 78.9 Å². The van der Waals surface area contributed by atoms with E-state index in [4.69, 9.17) is 13.9 Å². The van der Waals surface area contributed by atoms with Gasteiger partial charge in [-0.25, -0.2) is 0 Å². The second-order valence-electron chi connectivity index (χ2n) is 11.5. The first kappa shape index (κ1) is 28.5. The van der Waals surface area contributed by atoms with Crippen LogP contribution in [0.1, 0.15) is 94.9 Å². The minimum Gasteiger partial charge on any atom is -0.546 e. The fourth-order valence-electron chi connectivity index (χ4n) is 6.92. The highest BCUT2D eigenvalue weighted by molar-refractivity contribution is 6.73. The molecule has 4 aliphatic rings. The molecule has 38 heavy (non-hydrogen) atoms. The van der Waals surface area contributed by atoms with Crippen LogP contribution >= 0.6 is 0 Å². The van der Waals surface area contributed by atoms with Crippen LogP contribution in [0.25, 0.3) is 0 Å². The molecule has 4 aliphatic carbocycles. The lowest BCUT2D eigenvalue weighted by atomic mass is 9.51. The van der Waals surface area contributed by atoms with Crippen molar-refractivity contribution in [3.63, 3.8) is 0 Å². The van der Waals surface area contributed by atoms with Crippen LogP contribution in [0.5, 0.6) is 5.75 Å². The number of ketones is 2. The van der Waals surface area contributed by atoms with Crippen LogP contribution in [0, 0.1) is 11.3 Å². The molecule has 0 amide bonds. The van der Waals surface area contributed by atoms with Gasteiger partial charge in [-0.3, -0.25) is 14.4 Å².